The van der Waals surface area contributed by atoms with Gasteiger partial charge < -0.3 is 4.84 Å². The van der Waals surface area contributed by atoms with Gasteiger partial charge in [-0.2, -0.15) is 18.7 Å². The normalized spacial score (nSPS) is 10.8. The highest BCUT2D eigenvalue weighted by atomic mass is 19.4. The SMILES string of the molecule is O=C(ONc1cnccn1)C(F)(F)F. The van der Waals surface area contributed by atoms with E-state index in [0.717, 1.165) is 6.20 Å². The Morgan fingerprint density at radius 2 is 2.14 bits per heavy atom. The summed E-state index contributed by atoms with van der Waals surface area (Å²) >= 11 is 0. The molecule has 1 N–H and O–H groups in total. The summed E-state index contributed by atoms with van der Waals surface area (Å²) in [5.74, 6) is -2.44. The van der Waals surface area contributed by atoms with E-state index in [1.807, 2.05) is 0 Å². The highest BCUT2D eigenvalue weighted by Gasteiger charge is 2.41. The van der Waals surface area contributed by atoms with Crippen LogP contribution in [0.2, 0.25) is 0 Å². The third-order valence-corrected chi connectivity index (χ3v) is 1.04. The van der Waals surface area contributed by atoms with E-state index >= 15 is 0 Å². The van der Waals surface area contributed by atoms with Crippen LogP contribution >= 0.6 is 0 Å². The van der Waals surface area contributed by atoms with Crippen molar-refractivity contribution in [3.8, 4) is 0 Å². The molecule has 76 valence electrons. The van der Waals surface area contributed by atoms with Crippen molar-refractivity contribution in [2.24, 2.45) is 0 Å². The molecule has 1 aromatic heterocycles. The van der Waals surface area contributed by atoms with Gasteiger partial charge in [0.15, 0.2) is 5.82 Å². The largest absolute Gasteiger partial charge is 0.493 e. The maximum Gasteiger partial charge on any atom is 0.493 e. The number of anilines is 1. The van der Waals surface area contributed by atoms with Gasteiger partial charge in [-0.15, -0.1) is 0 Å². The zero-order valence-electron chi connectivity index (χ0n) is 6.58. The number of aromatic nitrogens is 2. The fourth-order valence-corrected chi connectivity index (χ4v) is 0.508. The molecule has 0 amide bonds. The number of hydrogen-bond donors (Lipinski definition) is 1. The fraction of sp³-hybridized carbons (Fsp3) is 0.167. The monoisotopic (exact) mass is 207 g/mol. The van der Waals surface area contributed by atoms with Crippen molar-refractivity contribution in [2.45, 2.75) is 6.18 Å². The molecule has 8 heteroatoms. The van der Waals surface area contributed by atoms with E-state index < -0.39 is 12.1 Å². The minimum Gasteiger partial charge on any atom is -0.333 e. The second-order valence-corrected chi connectivity index (χ2v) is 2.08. The highest BCUT2D eigenvalue weighted by molar-refractivity contribution is 5.76. The van der Waals surface area contributed by atoms with Gasteiger partial charge in [0, 0.05) is 12.4 Å². The molecule has 0 saturated heterocycles. The molecule has 1 aromatic rings. The molecule has 0 fully saturated rings. The summed E-state index contributed by atoms with van der Waals surface area (Å²) in [4.78, 5) is 20.9. The van der Waals surface area contributed by atoms with Gasteiger partial charge in [0.05, 0.1) is 6.20 Å². The molecule has 0 unspecified atom stereocenters. The molecule has 5 nitrogen and oxygen atoms in total. The first-order valence-corrected chi connectivity index (χ1v) is 3.30. The van der Waals surface area contributed by atoms with Crippen LogP contribution in [0.5, 0.6) is 0 Å². The predicted octanol–water partition coefficient (Wildman–Crippen LogP) is 0.909. The standard InChI is InChI=1S/C6H4F3N3O2/c7-6(8,9)5(13)14-12-4-3-10-1-2-11-4/h1-3H,(H,11,12). The summed E-state index contributed by atoms with van der Waals surface area (Å²) in [6, 6.07) is 0. The van der Waals surface area contributed by atoms with Gasteiger partial charge in [0.2, 0.25) is 0 Å². The molecule has 0 aliphatic rings. The Kier molecular flexibility index (Phi) is 2.85. The molecule has 0 aliphatic carbocycles. The van der Waals surface area contributed by atoms with Gasteiger partial charge in [-0.25, -0.2) is 9.78 Å². The van der Waals surface area contributed by atoms with E-state index in [9.17, 15) is 18.0 Å². The van der Waals surface area contributed by atoms with Crippen LogP contribution in [0, 0.1) is 0 Å². The molecule has 1 rings (SSSR count). The molecular formula is C6H4F3N3O2. The molecule has 0 atom stereocenters. The summed E-state index contributed by atoms with van der Waals surface area (Å²) in [7, 11) is 0. The average Bonchev–Trinajstić information content (AvgIpc) is 2.14. The molecule has 1 heterocycles. The Bertz CT molecular complexity index is 314. The second-order valence-electron chi connectivity index (χ2n) is 2.08. The molecule has 0 radical (unpaired) electrons. The van der Waals surface area contributed by atoms with Crippen molar-refractivity contribution in [1.82, 2.24) is 9.97 Å². The maximum absolute atomic E-state index is 11.6. The summed E-state index contributed by atoms with van der Waals surface area (Å²) < 4.78 is 34.8. The van der Waals surface area contributed by atoms with Crippen molar-refractivity contribution in [2.75, 3.05) is 5.48 Å². The second kappa shape index (κ2) is 3.90. The van der Waals surface area contributed by atoms with E-state index in [4.69, 9.17) is 0 Å². The smallest absolute Gasteiger partial charge is 0.333 e. The Hall–Kier alpha value is -1.86. The molecule has 0 bridgehead atoms. The predicted molar refractivity (Wildman–Crippen MR) is 37.8 cm³/mol. The lowest BCUT2D eigenvalue weighted by molar-refractivity contribution is -0.196. The average molecular weight is 207 g/mol. The van der Waals surface area contributed by atoms with E-state index in [-0.39, 0.29) is 5.82 Å². The van der Waals surface area contributed by atoms with Crippen LogP contribution in [0.25, 0.3) is 0 Å². The lowest BCUT2D eigenvalue weighted by atomic mass is 10.7. The van der Waals surface area contributed by atoms with Gasteiger partial charge in [0.25, 0.3) is 0 Å². The summed E-state index contributed by atoms with van der Waals surface area (Å²) in [5, 5.41) is 0. The minimum absolute atomic E-state index is 0.0925. The number of halogens is 3. The van der Waals surface area contributed by atoms with Crippen LogP contribution in [0.4, 0.5) is 19.0 Å². The van der Waals surface area contributed by atoms with Crippen LogP contribution in [-0.4, -0.2) is 22.1 Å². The topological polar surface area (TPSA) is 64.1 Å². The van der Waals surface area contributed by atoms with Crippen molar-refractivity contribution in [1.29, 1.82) is 0 Å². The summed E-state index contributed by atoms with van der Waals surface area (Å²) in [6.45, 7) is 0. The van der Waals surface area contributed by atoms with Gasteiger partial charge in [-0.3, -0.25) is 4.98 Å². The Morgan fingerprint density at radius 1 is 1.43 bits per heavy atom. The fourth-order valence-electron chi connectivity index (χ4n) is 0.508. The molecule has 14 heavy (non-hydrogen) atoms. The lowest BCUT2D eigenvalue weighted by Gasteiger charge is -2.06. The van der Waals surface area contributed by atoms with Crippen LogP contribution in [0.1, 0.15) is 0 Å². The Balaban J connectivity index is 2.46. The molecule has 0 aromatic carbocycles. The van der Waals surface area contributed by atoms with E-state index in [2.05, 4.69) is 14.8 Å². The zero-order valence-corrected chi connectivity index (χ0v) is 6.58. The van der Waals surface area contributed by atoms with Crippen molar-refractivity contribution < 1.29 is 22.8 Å². The number of nitrogens with zero attached hydrogens (tertiary/aromatic N) is 2. The van der Waals surface area contributed by atoms with Crippen LogP contribution in [-0.2, 0) is 9.63 Å². The van der Waals surface area contributed by atoms with Crippen LogP contribution < -0.4 is 5.48 Å². The maximum atomic E-state index is 11.6. The first-order chi connectivity index (χ1) is 6.50. The van der Waals surface area contributed by atoms with E-state index in [1.165, 1.54) is 12.4 Å². The number of nitrogens with one attached hydrogen (secondary N) is 1. The number of hydrogen-bond acceptors (Lipinski definition) is 5. The highest BCUT2D eigenvalue weighted by Crippen LogP contribution is 2.16. The quantitative estimate of drug-likeness (QED) is 0.730. The first-order valence-electron chi connectivity index (χ1n) is 3.30. The summed E-state index contributed by atoms with van der Waals surface area (Å²) in [6.07, 6.45) is -1.39. The third-order valence-electron chi connectivity index (χ3n) is 1.04. The molecule has 0 saturated carbocycles. The van der Waals surface area contributed by atoms with Crippen LogP contribution in [0.15, 0.2) is 18.6 Å². The lowest BCUT2D eigenvalue weighted by Crippen LogP contribution is -2.27. The number of carbonyl (C=O) groups excluding carboxylic acids is 1. The molecular weight excluding hydrogens is 203 g/mol. The Labute approximate surface area is 75.9 Å². The van der Waals surface area contributed by atoms with E-state index in [1.54, 1.807) is 5.48 Å². The number of alkyl halides is 3. The van der Waals surface area contributed by atoms with Gasteiger partial charge in [-0.1, -0.05) is 0 Å². The first kappa shape index (κ1) is 10.2. The van der Waals surface area contributed by atoms with Crippen molar-refractivity contribution in [3.63, 3.8) is 0 Å². The summed E-state index contributed by atoms with van der Waals surface area (Å²) in [5.41, 5.74) is 1.71. The molecule has 0 aliphatic heterocycles. The van der Waals surface area contributed by atoms with E-state index in [0.29, 0.717) is 0 Å². The van der Waals surface area contributed by atoms with Gasteiger partial charge in [0.1, 0.15) is 0 Å². The molecule has 0 spiro atoms. The Morgan fingerprint density at radius 3 is 2.64 bits per heavy atom. The third kappa shape index (κ3) is 2.88. The minimum atomic E-state index is -5.03. The number of carbonyl (C=O) groups is 1. The zero-order chi connectivity index (χ0) is 10.6. The van der Waals surface area contributed by atoms with Crippen LogP contribution in [0.3, 0.4) is 0 Å². The number of rotatable bonds is 2. The van der Waals surface area contributed by atoms with Gasteiger partial charge in [-0.05, 0) is 0 Å². The van der Waals surface area contributed by atoms with Gasteiger partial charge >= 0.3 is 12.1 Å². The van der Waals surface area contributed by atoms with Crippen molar-refractivity contribution in [3.05, 3.63) is 18.6 Å². The van der Waals surface area contributed by atoms with Crippen molar-refractivity contribution >= 4 is 11.8 Å².